The Morgan fingerprint density at radius 3 is 2.38 bits per heavy atom. The molecule has 4 rings (SSSR count). The van der Waals surface area contributed by atoms with Crippen LogP contribution in [0.4, 0.5) is 10.1 Å². The first-order chi connectivity index (χ1) is 12.1. The van der Waals surface area contributed by atoms with Crippen LogP contribution >= 0.6 is 0 Å². The molecule has 1 aliphatic heterocycles. The molecule has 1 aromatic carbocycles. The smallest absolute Gasteiger partial charge is 0.133 e. The number of hydrogen-bond donors (Lipinski definition) is 2. The highest BCUT2D eigenvalue weighted by atomic mass is 19.1. The van der Waals surface area contributed by atoms with E-state index in [0.717, 1.165) is 47.2 Å². The number of hydrogen-bond acceptors (Lipinski definition) is 3. The zero-order chi connectivity index (χ0) is 18.9. The first-order valence-electron chi connectivity index (χ1n) is 9.37. The predicted octanol–water partition coefficient (Wildman–Crippen LogP) is 4.88. The van der Waals surface area contributed by atoms with Crippen molar-refractivity contribution in [3.8, 4) is 11.1 Å². The summed E-state index contributed by atoms with van der Waals surface area (Å²) in [7, 11) is 0. The van der Waals surface area contributed by atoms with Gasteiger partial charge in [0.2, 0.25) is 0 Å². The van der Waals surface area contributed by atoms with Gasteiger partial charge in [0.05, 0.1) is 11.1 Å². The van der Waals surface area contributed by atoms with E-state index >= 15 is 4.39 Å². The number of nitrogens with zero attached hydrogens (tertiary/aromatic N) is 1. The summed E-state index contributed by atoms with van der Waals surface area (Å²) in [4.78, 5) is 4.21. The molecular weight excluding hydrogens is 327 g/mol. The van der Waals surface area contributed by atoms with E-state index in [1.165, 1.54) is 0 Å². The summed E-state index contributed by atoms with van der Waals surface area (Å²) in [5.74, 6) is -0.239. The van der Waals surface area contributed by atoms with Crippen molar-refractivity contribution in [2.75, 3.05) is 5.32 Å². The van der Waals surface area contributed by atoms with Crippen molar-refractivity contribution in [1.82, 2.24) is 4.98 Å². The Hall–Kier alpha value is -1.94. The van der Waals surface area contributed by atoms with Gasteiger partial charge in [-0.15, -0.1) is 0 Å². The lowest BCUT2D eigenvalue weighted by Gasteiger charge is -2.55. The molecule has 2 N–H and O–H groups in total. The molecule has 3 nitrogen and oxygen atoms in total. The fourth-order valence-electron chi connectivity index (χ4n) is 5.43. The van der Waals surface area contributed by atoms with E-state index < -0.39 is 16.6 Å². The van der Waals surface area contributed by atoms with Gasteiger partial charge in [-0.2, -0.15) is 0 Å². The maximum absolute atomic E-state index is 15.1. The van der Waals surface area contributed by atoms with E-state index in [0.29, 0.717) is 5.56 Å². The molecule has 2 aromatic rings. The molecule has 0 amide bonds. The normalized spacial score (nSPS) is 29.0. The van der Waals surface area contributed by atoms with Crippen LogP contribution < -0.4 is 5.32 Å². The molecule has 1 aliphatic carbocycles. The van der Waals surface area contributed by atoms with Gasteiger partial charge in [0.25, 0.3) is 0 Å². The molecular formula is C22H27FN2O. The third-order valence-electron chi connectivity index (χ3n) is 6.91. The second kappa shape index (κ2) is 5.29. The van der Waals surface area contributed by atoms with Crippen molar-refractivity contribution in [1.29, 1.82) is 0 Å². The van der Waals surface area contributed by atoms with Crippen LogP contribution in [0, 0.1) is 19.7 Å². The Morgan fingerprint density at radius 1 is 1.08 bits per heavy atom. The standard InChI is InChI=1S/C22H27FN2O/c1-13-11-24-12-14(2)19(13)15-9-16-18(10-17(15)23)25-20(3,4)22(26)8-6-7-21(16,22)5/h9-12,25-26H,6-8H2,1-5H3. The molecule has 2 unspecified atom stereocenters. The van der Waals surface area contributed by atoms with Crippen molar-refractivity contribution >= 4 is 5.69 Å². The topological polar surface area (TPSA) is 45.2 Å². The van der Waals surface area contributed by atoms with Gasteiger partial charge in [-0.1, -0.05) is 6.92 Å². The first-order valence-corrected chi connectivity index (χ1v) is 9.37. The van der Waals surface area contributed by atoms with Gasteiger partial charge in [0, 0.05) is 29.1 Å². The van der Waals surface area contributed by atoms with E-state index in [1.54, 1.807) is 18.5 Å². The number of benzene rings is 1. The fraction of sp³-hybridized carbons (Fsp3) is 0.500. The van der Waals surface area contributed by atoms with Crippen molar-refractivity contribution in [2.24, 2.45) is 0 Å². The van der Waals surface area contributed by atoms with Crippen molar-refractivity contribution < 1.29 is 9.50 Å². The number of aromatic nitrogens is 1. The molecule has 1 aromatic heterocycles. The number of aliphatic hydroxyl groups is 1. The van der Waals surface area contributed by atoms with Gasteiger partial charge in [-0.3, -0.25) is 4.98 Å². The number of aryl methyl sites for hydroxylation is 2. The largest absolute Gasteiger partial charge is 0.387 e. The van der Waals surface area contributed by atoms with Crippen molar-refractivity contribution in [3.63, 3.8) is 0 Å². The summed E-state index contributed by atoms with van der Waals surface area (Å²) in [6, 6.07) is 3.56. The Labute approximate surface area is 154 Å². The van der Waals surface area contributed by atoms with E-state index in [1.807, 2.05) is 33.8 Å². The lowest BCUT2D eigenvalue weighted by molar-refractivity contribution is -0.0628. The maximum atomic E-state index is 15.1. The predicted molar refractivity (Wildman–Crippen MR) is 103 cm³/mol. The summed E-state index contributed by atoms with van der Waals surface area (Å²) in [5.41, 5.74) is 3.46. The minimum absolute atomic E-state index is 0.239. The fourth-order valence-corrected chi connectivity index (χ4v) is 5.43. The molecule has 1 saturated carbocycles. The average molecular weight is 354 g/mol. The third-order valence-corrected chi connectivity index (χ3v) is 6.91. The zero-order valence-electron chi connectivity index (χ0n) is 16.2. The van der Waals surface area contributed by atoms with Crippen LogP contribution in [0.2, 0.25) is 0 Å². The molecule has 0 radical (unpaired) electrons. The van der Waals surface area contributed by atoms with Crippen LogP contribution in [-0.4, -0.2) is 21.2 Å². The van der Waals surface area contributed by atoms with E-state index in [9.17, 15) is 5.11 Å². The average Bonchev–Trinajstić information content (AvgIpc) is 2.86. The van der Waals surface area contributed by atoms with Crippen LogP contribution in [0.25, 0.3) is 11.1 Å². The van der Waals surface area contributed by atoms with Gasteiger partial charge >= 0.3 is 0 Å². The molecule has 1 fully saturated rings. The molecule has 2 atom stereocenters. The summed E-state index contributed by atoms with van der Waals surface area (Å²) in [6.07, 6.45) is 6.17. The molecule has 26 heavy (non-hydrogen) atoms. The highest BCUT2D eigenvalue weighted by Gasteiger charge is 2.62. The minimum atomic E-state index is -0.857. The van der Waals surface area contributed by atoms with E-state index in [-0.39, 0.29) is 5.82 Å². The molecule has 0 spiro atoms. The number of fused-ring (bicyclic) bond motifs is 3. The van der Waals surface area contributed by atoms with Crippen LogP contribution in [0.1, 0.15) is 56.7 Å². The van der Waals surface area contributed by atoms with Crippen LogP contribution in [-0.2, 0) is 5.41 Å². The zero-order valence-corrected chi connectivity index (χ0v) is 16.2. The molecule has 0 bridgehead atoms. The quantitative estimate of drug-likeness (QED) is 0.767. The Bertz CT molecular complexity index is 887. The summed E-state index contributed by atoms with van der Waals surface area (Å²) >= 11 is 0. The highest BCUT2D eigenvalue weighted by Crippen LogP contribution is 2.59. The lowest BCUT2D eigenvalue weighted by Crippen LogP contribution is -2.65. The third kappa shape index (κ3) is 2.05. The van der Waals surface area contributed by atoms with Crippen LogP contribution in [0.3, 0.4) is 0 Å². The number of rotatable bonds is 1. The second-order valence-electron chi connectivity index (χ2n) is 8.82. The summed E-state index contributed by atoms with van der Waals surface area (Å²) in [6.45, 7) is 10.1. The van der Waals surface area contributed by atoms with Gasteiger partial charge in [0.1, 0.15) is 5.82 Å². The monoisotopic (exact) mass is 354 g/mol. The van der Waals surface area contributed by atoms with Gasteiger partial charge < -0.3 is 10.4 Å². The highest BCUT2D eigenvalue weighted by molar-refractivity contribution is 5.76. The number of pyridine rings is 1. The maximum Gasteiger partial charge on any atom is 0.133 e. The van der Waals surface area contributed by atoms with Crippen LogP contribution in [0.15, 0.2) is 24.5 Å². The summed E-state index contributed by atoms with van der Waals surface area (Å²) < 4.78 is 15.1. The molecule has 4 heteroatoms. The SMILES string of the molecule is Cc1cncc(C)c1-c1cc2c(cc1F)NC(C)(C)C1(O)CCCC21C. The van der Waals surface area contributed by atoms with E-state index in [4.69, 9.17) is 0 Å². The van der Waals surface area contributed by atoms with Gasteiger partial charge in [-0.25, -0.2) is 4.39 Å². The van der Waals surface area contributed by atoms with Crippen molar-refractivity contribution in [2.45, 2.75) is 70.4 Å². The Morgan fingerprint density at radius 2 is 1.73 bits per heavy atom. The minimum Gasteiger partial charge on any atom is -0.387 e. The lowest BCUT2D eigenvalue weighted by atomic mass is 9.60. The van der Waals surface area contributed by atoms with Crippen LogP contribution in [0.5, 0.6) is 0 Å². The van der Waals surface area contributed by atoms with Gasteiger partial charge in [0.15, 0.2) is 0 Å². The second-order valence-corrected chi connectivity index (χ2v) is 8.82. The molecule has 2 heterocycles. The van der Waals surface area contributed by atoms with Gasteiger partial charge in [-0.05, 0) is 81.3 Å². The van der Waals surface area contributed by atoms with E-state index in [2.05, 4.69) is 17.2 Å². The molecule has 0 saturated heterocycles. The number of nitrogens with one attached hydrogen (secondary N) is 1. The molecule has 138 valence electrons. The number of anilines is 1. The summed E-state index contributed by atoms with van der Waals surface area (Å²) in [5, 5.41) is 15.0. The Balaban J connectivity index is 1.99. The number of halogens is 1. The molecule has 2 aliphatic rings. The Kier molecular flexibility index (Phi) is 3.55. The van der Waals surface area contributed by atoms with Crippen molar-refractivity contribution in [3.05, 3.63) is 47.0 Å². The first kappa shape index (κ1) is 17.5.